The largest absolute Gasteiger partial charge is 0.492 e. The van der Waals surface area contributed by atoms with Crippen molar-refractivity contribution in [3.05, 3.63) is 71.2 Å². The minimum Gasteiger partial charge on any atom is -0.492 e. The van der Waals surface area contributed by atoms with Gasteiger partial charge in [0, 0.05) is 30.1 Å². The van der Waals surface area contributed by atoms with Gasteiger partial charge in [0.25, 0.3) is 5.89 Å². The Kier molecular flexibility index (Phi) is 5.76. The first-order valence-corrected chi connectivity index (χ1v) is 10.2. The maximum absolute atomic E-state index is 5.79. The van der Waals surface area contributed by atoms with Gasteiger partial charge in [-0.25, -0.2) is 4.98 Å². The summed E-state index contributed by atoms with van der Waals surface area (Å²) in [5.74, 6) is 2.30. The van der Waals surface area contributed by atoms with Crippen molar-refractivity contribution in [3.63, 3.8) is 0 Å². The Labute approximate surface area is 177 Å². The van der Waals surface area contributed by atoms with E-state index >= 15 is 0 Å². The van der Waals surface area contributed by atoms with Gasteiger partial charge in [-0.15, -0.1) is 0 Å². The minimum absolute atomic E-state index is 0.464. The molecule has 0 bridgehead atoms. The lowest BCUT2D eigenvalue weighted by Gasteiger charge is -2.10. The van der Waals surface area contributed by atoms with E-state index in [0.717, 1.165) is 27.9 Å². The Hall–Kier alpha value is -2.93. The molecule has 0 saturated heterocycles. The number of imidazole rings is 1. The van der Waals surface area contributed by atoms with Crippen LogP contribution in [0.5, 0.6) is 5.75 Å². The minimum atomic E-state index is 0.464. The van der Waals surface area contributed by atoms with Gasteiger partial charge in [0.1, 0.15) is 5.75 Å². The third-order valence-electron chi connectivity index (χ3n) is 4.31. The summed E-state index contributed by atoms with van der Waals surface area (Å²) >= 11 is 3.56. The maximum Gasteiger partial charge on any atom is 0.258 e. The third-order valence-corrected chi connectivity index (χ3v) is 4.93. The highest BCUT2D eigenvalue weighted by Gasteiger charge is 2.13. The molecule has 2 aromatic heterocycles. The van der Waals surface area contributed by atoms with Gasteiger partial charge in [0.05, 0.1) is 17.4 Å². The summed E-state index contributed by atoms with van der Waals surface area (Å²) in [6.45, 7) is 5.68. The molecule has 2 heterocycles. The molecule has 2 aromatic carbocycles. The summed E-state index contributed by atoms with van der Waals surface area (Å²) in [4.78, 5) is 8.61. The molecular weight excluding hydrogens is 432 g/mol. The lowest BCUT2D eigenvalue weighted by atomic mass is 10.1. The average Bonchev–Trinajstić information content (AvgIpc) is 3.40. The topological polar surface area (TPSA) is 66.0 Å². The predicted molar refractivity (Wildman–Crippen MR) is 115 cm³/mol. The molecule has 0 spiro atoms. The van der Waals surface area contributed by atoms with Gasteiger partial charge < -0.3 is 13.8 Å². The van der Waals surface area contributed by atoms with Crippen molar-refractivity contribution < 1.29 is 9.26 Å². The van der Waals surface area contributed by atoms with Crippen molar-refractivity contribution in [2.24, 2.45) is 5.92 Å². The highest BCUT2D eigenvalue weighted by Crippen LogP contribution is 2.31. The maximum atomic E-state index is 5.79. The van der Waals surface area contributed by atoms with Crippen molar-refractivity contribution in [2.75, 3.05) is 6.61 Å². The van der Waals surface area contributed by atoms with Gasteiger partial charge in [-0.3, -0.25) is 0 Å². The number of halogens is 1. The first kappa shape index (κ1) is 19.4. The zero-order chi connectivity index (χ0) is 20.2. The van der Waals surface area contributed by atoms with Gasteiger partial charge in [-0.2, -0.15) is 4.98 Å². The summed E-state index contributed by atoms with van der Waals surface area (Å²) in [5.41, 5.74) is 2.92. The Morgan fingerprint density at radius 3 is 2.59 bits per heavy atom. The van der Waals surface area contributed by atoms with Gasteiger partial charge in [0.2, 0.25) is 5.82 Å². The second-order valence-electron chi connectivity index (χ2n) is 7.21. The van der Waals surface area contributed by atoms with E-state index in [0.29, 0.717) is 24.2 Å². The summed E-state index contributed by atoms with van der Waals surface area (Å²) in [5, 5.41) is 4.13. The Morgan fingerprint density at radius 1 is 1.10 bits per heavy atom. The van der Waals surface area contributed by atoms with E-state index in [1.54, 1.807) is 12.5 Å². The van der Waals surface area contributed by atoms with Crippen molar-refractivity contribution in [1.82, 2.24) is 19.7 Å². The number of rotatable bonds is 7. The molecule has 7 heteroatoms. The third kappa shape index (κ3) is 4.74. The number of hydrogen-bond acceptors (Lipinski definition) is 5. The van der Waals surface area contributed by atoms with Crippen LogP contribution >= 0.6 is 15.9 Å². The molecule has 29 heavy (non-hydrogen) atoms. The van der Waals surface area contributed by atoms with Crippen LogP contribution in [0.3, 0.4) is 0 Å². The summed E-state index contributed by atoms with van der Waals surface area (Å²) in [6, 6.07) is 13.9. The number of nitrogens with zero attached hydrogens (tertiary/aromatic N) is 4. The zero-order valence-corrected chi connectivity index (χ0v) is 17.8. The smallest absolute Gasteiger partial charge is 0.258 e. The monoisotopic (exact) mass is 452 g/mol. The SMILES string of the molecule is CC(C)COc1ccc(-c2nc(-c3ccc(Cn4ccnc4)cc3)no2)cc1Br. The average molecular weight is 453 g/mol. The van der Waals surface area contributed by atoms with Crippen LogP contribution in [-0.2, 0) is 6.54 Å². The Morgan fingerprint density at radius 2 is 1.90 bits per heavy atom. The number of ether oxygens (including phenoxy) is 1. The molecule has 0 unspecified atom stereocenters. The summed E-state index contributed by atoms with van der Waals surface area (Å²) < 4.78 is 14.2. The molecule has 0 atom stereocenters. The van der Waals surface area contributed by atoms with Crippen LogP contribution in [-0.4, -0.2) is 26.3 Å². The van der Waals surface area contributed by atoms with Gasteiger partial charge in [-0.05, 0) is 45.6 Å². The molecule has 0 radical (unpaired) electrons. The van der Waals surface area contributed by atoms with Gasteiger partial charge in [-0.1, -0.05) is 43.3 Å². The van der Waals surface area contributed by atoms with Crippen LogP contribution in [0.15, 0.2) is 70.2 Å². The van der Waals surface area contributed by atoms with E-state index in [1.165, 1.54) is 5.56 Å². The summed E-state index contributed by atoms with van der Waals surface area (Å²) in [7, 11) is 0. The van der Waals surface area contributed by atoms with E-state index in [4.69, 9.17) is 9.26 Å². The molecule has 0 aliphatic heterocycles. The van der Waals surface area contributed by atoms with Crippen LogP contribution < -0.4 is 4.74 Å². The molecule has 4 aromatic rings. The predicted octanol–water partition coefficient (Wildman–Crippen LogP) is 5.45. The molecule has 0 N–H and O–H groups in total. The molecular formula is C22H21BrN4O2. The zero-order valence-electron chi connectivity index (χ0n) is 16.2. The van der Waals surface area contributed by atoms with Crippen LogP contribution in [0.25, 0.3) is 22.8 Å². The van der Waals surface area contributed by atoms with Gasteiger partial charge in [0.15, 0.2) is 0 Å². The normalized spacial score (nSPS) is 11.2. The number of hydrogen-bond donors (Lipinski definition) is 0. The van der Waals surface area contributed by atoms with Crippen molar-refractivity contribution in [3.8, 4) is 28.6 Å². The second kappa shape index (κ2) is 8.61. The van der Waals surface area contributed by atoms with Crippen molar-refractivity contribution in [2.45, 2.75) is 20.4 Å². The molecule has 0 amide bonds. The Bertz CT molecular complexity index is 1070. The molecule has 0 aliphatic rings. The molecule has 0 saturated carbocycles. The van der Waals surface area contributed by atoms with E-state index in [2.05, 4.69) is 57.0 Å². The van der Waals surface area contributed by atoms with Crippen LogP contribution in [0, 0.1) is 5.92 Å². The summed E-state index contributed by atoms with van der Waals surface area (Å²) in [6.07, 6.45) is 5.52. The Balaban J connectivity index is 1.48. The van der Waals surface area contributed by atoms with Crippen LogP contribution in [0.2, 0.25) is 0 Å². The van der Waals surface area contributed by atoms with Crippen LogP contribution in [0.4, 0.5) is 0 Å². The first-order chi connectivity index (χ1) is 14.1. The number of benzene rings is 2. The molecule has 4 rings (SSSR count). The lowest BCUT2D eigenvalue weighted by Crippen LogP contribution is -2.04. The quantitative estimate of drug-likeness (QED) is 0.373. The van der Waals surface area contributed by atoms with Crippen LogP contribution in [0.1, 0.15) is 19.4 Å². The molecule has 6 nitrogen and oxygen atoms in total. The van der Waals surface area contributed by atoms with Gasteiger partial charge >= 0.3 is 0 Å². The van der Waals surface area contributed by atoms with E-state index in [1.807, 2.05) is 41.1 Å². The van der Waals surface area contributed by atoms with Crippen molar-refractivity contribution in [1.29, 1.82) is 0 Å². The molecule has 148 valence electrons. The van der Waals surface area contributed by atoms with E-state index < -0.39 is 0 Å². The number of aromatic nitrogens is 4. The highest BCUT2D eigenvalue weighted by atomic mass is 79.9. The fraction of sp³-hybridized carbons (Fsp3) is 0.227. The fourth-order valence-electron chi connectivity index (χ4n) is 2.82. The van der Waals surface area contributed by atoms with Crippen molar-refractivity contribution >= 4 is 15.9 Å². The fourth-order valence-corrected chi connectivity index (χ4v) is 3.31. The first-order valence-electron chi connectivity index (χ1n) is 9.40. The highest BCUT2D eigenvalue weighted by molar-refractivity contribution is 9.10. The second-order valence-corrected chi connectivity index (χ2v) is 8.06. The standard InChI is InChI=1S/C22H21BrN4O2/c1-15(2)13-28-20-8-7-18(11-19(20)23)22-25-21(26-29-22)17-5-3-16(4-6-17)12-27-10-9-24-14-27/h3-11,14-15H,12-13H2,1-2H3. The molecule has 0 aliphatic carbocycles. The van der Waals surface area contributed by atoms with E-state index in [9.17, 15) is 0 Å². The lowest BCUT2D eigenvalue weighted by molar-refractivity contribution is 0.269. The van der Waals surface area contributed by atoms with E-state index in [-0.39, 0.29) is 0 Å². The molecule has 0 fully saturated rings.